The van der Waals surface area contributed by atoms with Gasteiger partial charge in [-0.25, -0.2) is 0 Å². The van der Waals surface area contributed by atoms with Crippen molar-refractivity contribution < 1.29 is 23.3 Å². The van der Waals surface area contributed by atoms with E-state index in [2.05, 4.69) is 130 Å². The normalized spacial score (nSPS) is 28.8. The van der Waals surface area contributed by atoms with Gasteiger partial charge in [-0.1, -0.05) is 85.6 Å². The second-order valence-corrected chi connectivity index (χ2v) is 19.4. The van der Waals surface area contributed by atoms with Crippen molar-refractivity contribution in [2.75, 3.05) is 0 Å². The number of hydrogen-bond acceptors (Lipinski definition) is 0. The Kier molecular flexibility index (Phi) is 14.6. The average molecular weight is 915 g/mol. The van der Waals surface area contributed by atoms with E-state index in [9.17, 15) is 0 Å². The molecule has 8 bridgehead atoms. The second-order valence-electron chi connectivity index (χ2n) is 19.4. The molecule has 0 nitrogen and oxygen atoms in total. The molecule has 0 N–H and O–H groups in total. The molecule has 6 aromatic carbocycles. The number of rotatable bonds is 5. The fourth-order valence-corrected chi connectivity index (χ4v) is 14.3. The minimum atomic E-state index is 0. The van der Waals surface area contributed by atoms with Crippen molar-refractivity contribution >= 4 is 53.2 Å². The van der Waals surface area contributed by atoms with Gasteiger partial charge in [0.15, 0.2) is 0 Å². The van der Waals surface area contributed by atoms with Crippen molar-refractivity contribution in [3.05, 3.63) is 146 Å². The first-order valence-electron chi connectivity index (χ1n) is 21.7. The number of hydrogen-bond donors (Lipinski definition) is 0. The van der Waals surface area contributed by atoms with Crippen molar-refractivity contribution in [2.45, 2.75) is 108 Å². The molecule has 0 heterocycles. The van der Waals surface area contributed by atoms with E-state index < -0.39 is 0 Å². The molecule has 0 spiro atoms. The van der Waals surface area contributed by atoms with Crippen molar-refractivity contribution in [3.8, 4) is 22.3 Å². The summed E-state index contributed by atoms with van der Waals surface area (Å²) in [6, 6.07) is 42.3. The van der Waals surface area contributed by atoms with Gasteiger partial charge in [-0.2, -0.15) is 12.1 Å². The molecule has 0 aromatic heterocycles. The van der Waals surface area contributed by atoms with Crippen LogP contribution in [0.3, 0.4) is 0 Å². The molecule has 6 aromatic rings. The monoisotopic (exact) mass is 912 g/mol. The van der Waals surface area contributed by atoms with Gasteiger partial charge in [0.05, 0.1) is 0 Å². The molecule has 0 atom stereocenters. The summed E-state index contributed by atoms with van der Waals surface area (Å²) in [5.41, 5.74) is 12.6. The second kappa shape index (κ2) is 18.6. The summed E-state index contributed by atoms with van der Waals surface area (Å²) in [6.07, 6.45) is 19.0. The Balaban J connectivity index is 0.000000179. The van der Waals surface area contributed by atoms with Crippen LogP contribution in [0.15, 0.2) is 109 Å². The van der Waals surface area contributed by atoms with Gasteiger partial charge >= 0.3 is 30.2 Å². The van der Waals surface area contributed by atoms with Crippen LogP contribution >= 0.6 is 24.8 Å². The standard InChI is InChI=1S/C27H29.C26H27.2CH3.2ClH.Si.Zr/c1-2-18-13-23-4-3-5-25(26(23)14-18)22-6-8-24(9-7-22)27-15-19-10-20(16-27)12-21(11-19)17-27;1-17-9-22-3-2-4-24(25(22)10-17)21-5-7-23(8-6-21)26-14-18-11-19(15-26)13-20(12-18)16-26;;;;;;/h3-9,13-14,19-21H,2,10-12,15-17H2,1H3;2-10,18-20H,11-16H2,1H3;2*1H3;2*1H;;/q4*-1;;;;. The van der Waals surface area contributed by atoms with Gasteiger partial charge in [0.1, 0.15) is 0 Å². The third-order valence-corrected chi connectivity index (χ3v) is 15.8. The average Bonchev–Trinajstić information content (AvgIpc) is 3.81. The van der Waals surface area contributed by atoms with Gasteiger partial charge in [0.25, 0.3) is 0 Å². The maximum absolute atomic E-state index is 3.06. The summed E-state index contributed by atoms with van der Waals surface area (Å²) >= 11 is 1.36. The van der Waals surface area contributed by atoms with E-state index in [0.29, 0.717) is 10.8 Å². The predicted octanol–water partition coefficient (Wildman–Crippen LogP) is 15.6. The van der Waals surface area contributed by atoms with Crippen molar-refractivity contribution in [3.63, 3.8) is 0 Å². The van der Waals surface area contributed by atoms with E-state index in [0.717, 1.165) is 41.9 Å². The summed E-state index contributed by atoms with van der Waals surface area (Å²) in [5, 5.41) is 5.56. The van der Waals surface area contributed by atoms with Crippen LogP contribution < -0.4 is 0 Å². The van der Waals surface area contributed by atoms with Crippen molar-refractivity contribution in [1.29, 1.82) is 0 Å². The van der Waals surface area contributed by atoms with E-state index in [-0.39, 0.29) is 39.7 Å². The van der Waals surface area contributed by atoms with Crippen LogP contribution in [0.2, 0.25) is 0 Å². The zero-order valence-electron chi connectivity index (χ0n) is 35.9. The molecule has 14 rings (SSSR count). The molecule has 2 radical (unpaired) electrons. The number of fused-ring (bicyclic) bond motifs is 2. The molecule has 8 fully saturated rings. The molecule has 8 aliphatic rings. The van der Waals surface area contributed by atoms with Crippen LogP contribution in [0.4, 0.5) is 0 Å². The van der Waals surface area contributed by atoms with Gasteiger partial charge in [0, 0.05) is 0 Å². The maximum atomic E-state index is 3.06. The van der Waals surface area contributed by atoms with E-state index in [1.165, 1.54) is 155 Å². The van der Waals surface area contributed by atoms with Crippen LogP contribution in [-0.4, -0.2) is 6.88 Å². The number of benzene rings is 4. The van der Waals surface area contributed by atoms with E-state index in [1.54, 1.807) is 11.1 Å². The van der Waals surface area contributed by atoms with Crippen LogP contribution in [0.1, 0.15) is 106 Å². The number of halogens is 2. The molecule has 0 amide bonds. The summed E-state index contributed by atoms with van der Waals surface area (Å²) in [5.74, 6) is 6.09. The molecule has 310 valence electrons. The summed E-state index contributed by atoms with van der Waals surface area (Å²) in [4.78, 5) is 0. The molecule has 59 heavy (non-hydrogen) atoms. The Morgan fingerprint density at radius 3 is 1.25 bits per heavy atom. The summed E-state index contributed by atoms with van der Waals surface area (Å²) in [7, 11) is 0. The molecular weight excluding hydrogens is 851 g/mol. The summed E-state index contributed by atoms with van der Waals surface area (Å²) < 4.78 is 0. The fraction of sp³-hybridized carbons (Fsp3) is 0.418. The first-order valence-corrected chi connectivity index (χ1v) is 25.9. The van der Waals surface area contributed by atoms with E-state index in [4.69, 9.17) is 0 Å². The Bertz CT molecular complexity index is 2260. The van der Waals surface area contributed by atoms with Crippen LogP contribution in [0.25, 0.3) is 43.8 Å². The van der Waals surface area contributed by atoms with Crippen molar-refractivity contribution in [1.82, 2.24) is 0 Å². The van der Waals surface area contributed by atoms with E-state index >= 15 is 0 Å². The summed E-state index contributed by atoms with van der Waals surface area (Å²) in [6.45, 7) is 7.50. The molecule has 0 unspecified atom stereocenters. The molecule has 0 aliphatic heterocycles. The van der Waals surface area contributed by atoms with Gasteiger partial charge < -0.3 is 14.9 Å². The van der Waals surface area contributed by atoms with E-state index in [1.807, 2.05) is 0 Å². The minimum absolute atomic E-state index is 0. The van der Waals surface area contributed by atoms with Gasteiger partial charge in [-0.15, -0.1) is 93.9 Å². The van der Waals surface area contributed by atoms with Crippen LogP contribution in [0.5, 0.6) is 0 Å². The zero-order valence-corrected chi connectivity index (χ0v) is 41.0. The zero-order chi connectivity index (χ0) is 37.3. The van der Waals surface area contributed by atoms with Crippen LogP contribution in [0, 0.1) is 57.3 Å². The van der Waals surface area contributed by atoms with Gasteiger partial charge in [0.2, 0.25) is 0 Å². The third kappa shape index (κ3) is 8.50. The molecule has 4 heteroatoms. The fourth-order valence-electron chi connectivity index (χ4n) is 14.3. The Morgan fingerprint density at radius 1 is 0.525 bits per heavy atom. The molecule has 8 aliphatic carbocycles. The Morgan fingerprint density at radius 2 is 0.881 bits per heavy atom. The molecule has 0 saturated heterocycles. The first kappa shape index (κ1) is 46.3. The van der Waals surface area contributed by atoms with Gasteiger partial charge in [-0.05, 0) is 152 Å². The van der Waals surface area contributed by atoms with Gasteiger partial charge in [-0.3, -0.25) is 0 Å². The number of aryl methyl sites for hydroxylation is 2. The van der Waals surface area contributed by atoms with Crippen molar-refractivity contribution in [2.24, 2.45) is 35.5 Å². The topological polar surface area (TPSA) is 0 Å². The Hall–Kier alpha value is -2.22. The molecule has 8 saturated carbocycles. The Labute approximate surface area is 385 Å². The van der Waals surface area contributed by atoms with Crippen LogP contribution in [-0.2, 0) is 40.6 Å². The predicted molar refractivity (Wildman–Crippen MR) is 257 cm³/mol. The quantitative estimate of drug-likeness (QED) is 0.119. The first-order chi connectivity index (χ1) is 26.9. The SMILES string of the molecule is CCc1cc2c(-c3ccc(C45CC6CC(CC(C6)C4)C5)cc3)cccc2[cH-]1.Cc1cc2c(-c3ccc(C45CC6CC(CC(C6)C4)C5)cc3)cccc2[cH-]1.Cl.Cl.[CH3-].[CH3-].[Si]=[Zr]. The third-order valence-electron chi connectivity index (χ3n) is 15.8. The molecular formula is C55H64Cl2SiZr-4.